The minimum atomic E-state index is -2.87. The standard InChI is InChI=1S/C10H20N2O2S2/c1-4-16(13,14)6-5-11-9-12-7-10(2,3)8-15-9/h4-8H2,1-3H3,(H,11,12). The van der Waals surface area contributed by atoms with Crippen LogP contribution in [-0.4, -0.2) is 43.9 Å². The molecule has 0 fully saturated rings. The number of thioether (sulfide) groups is 1. The van der Waals surface area contributed by atoms with E-state index in [1.165, 1.54) is 0 Å². The second-order valence-corrected chi connectivity index (χ2v) is 8.17. The van der Waals surface area contributed by atoms with Gasteiger partial charge in [-0.3, -0.25) is 4.99 Å². The average molecular weight is 264 g/mol. The first-order valence-electron chi connectivity index (χ1n) is 5.46. The lowest BCUT2D eigenvalue weighted by atomic mass is 9.97. The van der Waals surface area contributed by atoms with E-state index in [1.807, 2.05) is 0 Å². The zero-order valence-electron chi connectivity index (χ0n) is 10.1. The van der Waals surface area contributed by atoms with Gasteiger partial charge < -0.3 is 5.32 Å². The van der Waals surface area contributed by atoms with E-state index < -0.39 is 9.84 Å². The molecule has 1 aliphatic rings. The first-order chi connectivity index (χ1) is 7.35. The third-order valence-electron chi connectivity index (χ3n) is 2.38. The Morgan fingerprint density at radius 1 is 1.50 bits per heavy atom. The number of sulfone groups is 1. The fourth-order valence-electron chi connectivity index (χ4n) is 1.21. The van der Waals surface area contributed by atoms with Crippen molar-refractivity contribution in [2.45, 2.75) is 20.8 Å². The van der Waals surface area contributed by atoms with E-state index in [2.05, 4.69) is 24.2 Å². The molecule has 0 saturated carbocycles. The molecule has 0 radical (unpaired) electrons. The molecule has 0 aromatic carbocycles. The summed E-state index contributed by atoms with van der Waals surface area (Å²) in [5.74, 6) is 1.42. The Labute approximate surface area is 102 Å². The maximum absolute atomic E-state index is 11.3. The van der Waals surface area contributed by atoms with Gasteiger partial charge in [-0.2, -0.15) is 0 Å². The van der Waals surface area contributed by atoms with Crippen LogP contribution in [-0.2, 0) is 9.84 Å². The normalized spacial score (nSPS) is 20.3. The molecule has 0 aromatic heterocycles. The fraction of sp³-hybridized carbons (Fsp3) is 0.900. The number of hydrogen-bond acceptors (Lipinski definition) is 5. The number of amidine groups is 1. The molecular formula is C10H20N2O2S2. The van der Waals surface area contributed by atoms with E-state index in [1.54, 1.807) is 18.7 Å². The van der Waals surface area contributed by atoms with Crippen molar-refractivity contribution in [2.75, 3.05) is 30.3 Å². The van der Waals surface area contributed by atoms with Crippen molar-refractivity contribution >= 4 is 26.8 Å². The summed E-state index contributed by atoms with van der Waals surface area (Å²) in [5, 5.41) is 3.96. The molecule has 1 rings (SSSR count). The summed E-state index contributed by atoms with van der Waals surface area (Å²) in [7, 11) is -2.87. The van der Waals surface area contributed by atoms with Gasteiger partial charge in [0, 0.05) is 24.6 Å². The highest BCUT2D eigenvalue weighted by atomic mass is 32.2. The van der Waals surface area contributed by atoms with Gasteiger partial charge in [-0.15, -0.1) is 0 Å². The number of nitrogens with zero attached hydrogens (tertiary/aromatic N) is 1. The molecular weight excluding hydrogens is 244 g/mol. The minimum absolute atomic E-state index is 0.187. The van der Waals surface area contributed by atoms with Crippen molar-refractivity contribution in [1.29, 1.82) is 0 Å². The lowest BCUT2D eigenvalue weighted by Crippen LogP contribution is -2.33. The van der Waals surface area contributed by atoms with Gasteiger partial charge in [-0.05, 0) is 5.41 Å². The summed E-state index contributed by atoms with van der Waals surface area (Å²) in [4.78, 5) is 4.40. The Morgan fingerprint density at radius 2 is 2.19 bits per heavy atom. The molecule has 94 valence electrons. The third-order valence-corrected chi connectivity index (χ3v) is 5.56. The molecule has 16 heavy (non-hydrogen) atoms. The first kappa shape index (κ1) is 13.8. The highest BCUT2D eigenvalue weighted by Gasteiger charge is 2.23. The fourth-order valence-corrected chi connectivity index (χ4v) is 2.89. The number of rotatable bonds is 4. The SMILES string of the molecule is CCS(=O)(=O)CCNC1=NCC(C)(C)CS1. The summed E-state index contributed by atoms with van der Waals surface area (Å²) in [6.45, 7) is 7.31. The summed E-state index contributed by atoms with van der Waals surface area (Å²) >= 11 is 1.67. The van der Waals surface area contributed by atoms with Crippen molar-refractivity contribution < 1.29 is 8.42 Å². The molecule has 0 aliphatic carbocycles. The zero-order chi connectivity index (χ0) is 12.2. The van der Waals surface area contributed by atoms with Crippen molar-refractivity contribution in [3.63, 3.8) is 0 Å². The van der Waals surface area contributed by atoms with Crippen LogP contribution in [0.2, 0.25) is 0 Å². The van der Waals surface area contributed by atoms with Crippen LogP contribution in [0.15, 0.2) is 4.99 Å². The summed E-state index contributed by atoms with van der Waals surface area (Å²) < 4.78 is 22.5. The average Bonchev–Trinajstić information content (AvgIpc) is 2.20. The van der Waals surface area contributed by atoms with E-state index in [0.717, 1.165) is 17.5 Å². The topological polar surface area (TPSA) is 58.5 Å². The third kappa shape index (κ3) is 4.74. The predicted molar refractivity (Wildman–Crippen MR) is 70.9 cm³/mol. The highest BCUT2D eigenvalue weighted by Crippen LogP contribution is 2.26. The molecule has 0 saturated heterocycles. The van der Waals surface area contributed by atoms with Gasteiger partial charge >= 0.3 is 0 Å². The lowest BCUT2D eigenvalue weighted by Gasteiger charge is -2.27. The van der Waals surface area contributed by atoms with Gasteiger partial charge in [0.25, 0.3) is 0 Å². The summed E-state index contributed by atoms with van der Waals surface area (Å²) in [6, 6.07) is 0. The Kier molecular flexibility index (Phi) is 4.67. The van der Waals surface area contributed by atoms with Crippen LogP contribution in [0.4, 0.5) is 0 Å². The van der Waals surface area contributed by atoms with E-state index in [0.29, 0.717) is 6.54 Å². The van der Waals surface area contributed by atoms with Gasteiger partial charge in [-0.25, -0.2) is 8.42 Å². The smallest absolute Gasteiger partial charge is 0.156 e. The molecule has 0 spiro atoms. The Hall–Kier alpha value is -0.230. The van der Waals surface area contributed by atoms with Crippen LogP contribution in [0, 0.1) is 5.41 Å². The maximum atomic E-state index is 11.3. The molecule has 0 atom stereocenters. The van der Waals surface area contributed by atoms with E-state index in [-0.39, 0.29) is 16.9 Å². The Bertz CT molecular complexity index is 361. The summed E-state index contributed by atoms with van der Waals surface area (Å²) in [5.41, 5.74) is 0.255. The molecule has 1 heterocycles. The van der Waals surface area contributed by atoms with Crippen LogP contribution >= 0.6 is 11.8 Å². The van der Waals surface area contributed by atoms with E-state index in [9.17, 15) is 8.42 Å². The minimum Gasteiger partial charge on any atom is -0.364 e. The van der Waals surface area contributed by atoms with Crippen LogP contribution in [0.5, 0.6) is 0 Å². The van der Waals surface area contributed by atoms with Crippen molar-refractivity contribution in [1.82, 2.24) is 5.32 Å². The first-order valence-corrected chi connectivity index (χ1v) is 8.27. The highest BCUT2D eigenvalue weighted by molar-refractivity contribution is 8.13. The predicted octanol–water partition coefficient (Wildman–Crippen LogP) is 1.14. The van der Waals surface area contributed by atoms with Gasteiger partial charge in [-0.1, -0.05) is 32.5 Å². The monoisotopic (exact) mass is 264 g/mol. The molecule has 0 bridgehead atoms. The Balaban J connectivity index is 2.33. The molecule has 1 aliphatic heterocycles. The van der Waals surface area contributed by atoms with Gasteiger partial charge in [0.1, 0.15) is 0 Å². The number of hydrogen-bond donors (Lipinski definition) is 1. The van der Waals surface area contributed by atoms with Crippen LogP contribution in [0.25, 0.3) is 0 Å². The largest absolute Gasteiger partial charge is 0.364 e. The Morgan fingerprint density at radius 3 is 2.69 bits per heavy atom. The lowest BCUT2D eigenvalue weighted by molar-refractivity contribution is 0.437. The van der Waals surface area contributed by atoms with Crippen molar-refractivity contribution in [3.05, 3.63) is 0 Å². The molecule has 0 aromatic rings. The maximum Gasteiger partial charge on any atom is 0.156 e. The number of nitrogens with one attached hydrogen (secondary N) is 1. The van der Waals surface area contributed by atoms with Crippen LogP contribution < -0.4 is 5.32 Å². The molecule has 0 unspecified atom stereocenters. The van der Waals surface area contributed by atoms with E-state index >= 15 is 0 Å². The molecule has 4 nitrogen and oxygen atoms in total. The van der Waals surface area contributed by atoms with E-state index in [4.69, 9.17) is 0 Å². The van der Waals surface area contributed by atoms with Crippen molar-refractivity contribution in [2.24, 2.45) is 10.4 Å². The number of aliphatic imine (C=N–C) groups is 1. The molecule has 1 N–H and O–H groups in total. The van der Waals surface area contributed by atoms with Gasteiger partial charge in [0.05, 0.1) is 5.75 Å². The zero-order valence-corrected chi connectivity index (χ0v) is 11.7. The second-order valence-electron chi connectivity index (χ2n) is 4.74. The van der Waals surface area contributed by atoms with Crippen LogP contribution in [0.3, 0.4) is 0 Å². The molecule has 0 amide bonds. The van der Waals surface area contributed by atoms with Gasteiger partial charge in [0.15, 0.2) is 15.0 Å². The summed E-state index contributed by atoms with van der Waals surface area (Å²) in [6.07, 6.45) is 0. The van der Waals surface area contributed by atoms with Crippen molar-refractivity contribution in [3.8, 4) is 0 Å². The quantitative estimate of drug-likeness (QED) is 0.827. The second kappa shape index (κ2) is 5.40. The van der Waals surface area contributed by atoms with Crippen LogP contribution in [0.1, 0.15) is 20.8 Å². The van der Waals surface area contributed by atoms with Gasteiger partial charge in [0.2, 0.25) is 0 Å². The molecule has 6 heteroatoms.